The van der Waals surface area contributed by atoms with Gasteiger partial charge in [0.15, 0.2) is 0 Å². The molecule has 2 rings (SSSR count). The Balaban J connectivity index is 2.08. The van der Waals surface area contributed by atoms with Crippen LogP contribution < -0.4 is 15.2 Å². The second kappa shape index (κ2) is 5.99. The molecule has 0 saturated heterocycles. The molecule has 20 heavy (non-hydrogen) atoms. The SMILES string of the molecule is COc1ccc(S(=O)(=O)NCC2CCCC2O)cc1N. The molecule has 6 nitrogen and oxygen atoms in total. The van der Waals surface area contributed by atoms with Crippen molar-refractivity contribution in [3.05, 3.63) is 18.2 Å². The molecule has 4 N–H and O–H groups in total. The number of aliphatic hydroxyl groups excluding tert-OH is 1. The van der Waals surface area contributed by atoms with Crippen LogP contribution in [0, 0.1) is 5.92 Å². The highest BCUT2D eigenvalue weighted by Gasteiger charge is 2.27. The van der Waals surface area contributed by atoms with Gasteiger partial charge in [0.2, 0.25) is 10.0 Å². The zero-order valence-corrected chi connectivity index (χ0v) is 12.2. The molecule has 1 saturated carbocycles. The molecule has 7 heteroatoms. The molecular weight excluding hydrogens is 280 g/mol. The zero-order valence-electron chi connectivity index (χ0n) is 11.4. The summed E-state index contributed by atoms with van der Waals surface area (Å²) in [6.07, 6.45) is 2.10. The number of benzene rings is 1. The zero-order chi connectivity index (χ0) is 14.8. The molecule has 2 unspecified atom stereocenters. The Morgan fingerprint density at radius 2 is 2.20 bits per heavy atom. The number of rotatable bonds is 5. The van der Waals surface area contributed by atoms with Gasteiger partial charge in [0, 0.05) is 6.54 Å². The summed E-state index contributed by atoms with van der Waals surface area (Å²) in [5, 5.41) is 9.70. The van der Waals surface area contributed by atoms with Gasteiger partial charge in [-0.15, -0.1) is 0 Å². The van der Waals surface area contributed by atoms with E-state index in [4.69, 9.17) is 10.5 Å². The van der Waals surface area contributed by atoms with Crippen molar-refractivity contribution in [3.63, 3.8) is 0 Å². The molecular formula is C13H20N2O4S. The Bertz CT molecular complexity index is 574. The monoisotopic (exact) mass is 300 g/mol. The van der Waals surface area contributed by atoms with Gasteiger partial charge in [0.1, 0.15) is 5.75 Å². The summed E-state index contributed by atoms with van der Waals surface area (Å²) in [7, 11) is -2.14. The highest BCUT2D eigenvalue weighted by molar-refractivity contribution is 7.89. The van der Waals surface area contributed by atoms with Crippen LogP contribution in [0.2, 0.25) is 0 Å². The second-order valence-electron chi connectivity index (χ2n) is 5.01. The molecule has 0 aromatic heterocycles. The Kier molecular flexibility index (Phi) is 4.52. The molecule has 0 bridgehead atoms. The van der Waals surface area contributed by atoms with E-state index in [0.717, 1.165) is 19.3 Å². The van der Waals surface area contributed by atoms with Crippen LogP contribution in [0.3, 0.4) is 0 Å². The number of sulfonamides is 1. The van der Waals surface area contributed by atoms with Crippen LogP contribution >= 0.6 is 0 Å². The van der Waals surface area contributed by atoms with Crippen molar-refractivity contribution in [1.82, 2.24) is 4.72 Å². The lowest BCUT2D eigenvalue weighted by Crippen LogP contribution is -2.32. The number of hydrogen-bond acceptors (Lipinski definition) is 5. The van der Waals surface area contributed by atoms with Crippen LogP contribution in [0.25, 0.3) is 0 Å². The van der Waals surface area contributed by atoms with Crippen molar-refractivity contribution in [2.75, 3.05) is 19.4 Å². The normalized spacial score (nSPS) is 22.9. The standard InChI is InChI=1S/C13H20N2O4S/c1-19-13-6-5-10(7-11(13)14)20(17,18)15-8-9-3-2-4-12(9)16/h5-7,9,12,15-16H,2-4,8,14H2,1H3. The third-order valence-electron chi connectivity index (χ3n) is 3.67. The first-order valence-corrected chi connectivity index (χ1v) is 8.03. The van der Waals surface area contributed by atoms with Crippen molar-refractivity contribution in [1.29, 1.82) is 0 Å². The van der Waals surface area contributed by atoms with E-state index in [-0.39, 0.29) is 23.0 Å². The minimum atomic E-state index is -3.62. The average molecular weight is 300 g/mol. The fourth-order valence-corrected chi connectivity index (χ4v) is 3.56. The number of nitrogens with one attached hydrogen (secondary N) is 1. The lowest BCUT2D eigenvalue weighted by molar-refractivity contribution is 0.134. The fraction of sp³-hybridized carbons (Fsp3) is 0.538. The predicted octanol–water partition coefficient (Wildman–Crippen LogP) is 0.717. The van der Waals surface area contributed by atoms with E-state index >= 15 is 0 Å². The molecule has 0 amide bonds. The Morgan fingerprint density at radius 1 is 1.45 bits per heavy atom. The number of aliphatic hydroxyl groups is 1. The lowest BCUT2D eigenvalue weighted by atomic mass is 10.1. The molecule has 112 valence electrons. The number of hydrogen-bond donors (Lipinski definition) is 3. The molecule has 1 fully saturated rings. The Labute approximate surface area is 119 Å². The van der Waals surface area contributed by atoms with Gasteiger partial charge < -0.3 is 15.6 Å². The summed E-state index contributed by atoms with van der Waals surface area (Å²) >= 11 is 0. The fourth-order valence-electron chi connectivity index (χ4n) is 2.44. The molecule has 1 aliphatic rings. The summed E-state index contributed by atoms with van der Waals surface area (Å²) in [5.74, 6) is 0.426. The molecule has 0 heterocycles. The van der Waals surface area contributed by atoms with E-state index in [1.54, 1.807) is 0 Å². The summed E-state index contributed by atoms with van der Waals surface area (Å²) in [6.45, 7) is 0.245. The van der Waals surface area contributed by atoms with Crippen LogP contribution in [0.15, 0.2) is 23.1 Å². The highest BCUT2D eigenvalue weighted by atomic mass is 32.2. The van der Waals surface area contributed by atoms with Gasteiger partial charge in [0.05, 0.1) is 23.8 Å². The third-order valence-corrected chi connectivity index (χ3v) is 5.09. The lowest BCUT2D eigenvalue weighted by Gasteiger charge is -2.15. The van der Waals surface area contributed by atoms with E-state index in [9.17, 15) is 13.5 Å². The van der Waals surface area contributed by atoms with Gasteiger partial charge in [-0.05, 0) is 37.0 Å². The molecule has 1 aromatic carbocycles. The predicted molar refractivity (Wildman–Crippen MR) is 75.9 cm³/mol. The van der Waals surface area contributed by atoms with E-state index < -0.39 is 16.1 Å². The largest absolute Gasteiger partial charge is 0.495 e. The van der Waals surface area contributed by atoms with Crippen LogP contribution in [0.1, 0.15) is 19.3 Å². The van der Waals surface area contributed by atoms with Gasteiger partial charge in [-0.3, -0.25) is 0 Å². The molecule has 1 aliphatic carbocycles. The maximum absolute atomic E-state index is 12.2. The van der Waals surface area contributed by atoms with Crippen LogP contribution in [0.4, 0.5) is 5.69 Å². The topological polar surface area (TPSA) is 102 Å². The summed E-state index contributed by atoms with van der Waals surface area (Å²) in [4.78, 5) is 0.100. The molecule has 0 aliphatic heterocycles. The van der Waals surface area contributed by atoms with Crippen molar-refractivity contribution >= 4 is 15.7 Å². The second-order valence-corrected chi connectivity index (χ2v) is 6.78. The van der Waals surface area contributed by atoms with E-state index in [1.807, 2.05) is 0 Å². The first-order valence-electron chi connectivity index (χ1n) is 6.55. The van der Waals surface area contributed by atoms with Crippen LogP contribution in [0.5, 0.6) is 5.75 Å². The third kappa shape index (κ3) is 3.23. The van der Waals surface area contributed by atoms with E-state index in [2.05, 4.69) is 4.72 Å². The molecule has 1 aromatic rings. The van der Waals surface area contributed by atoms with Gasteiger partial charge in [0.25, 0.3) is 0 Å². The maximum Gasteiger partial charge on any atom is 0.240 e. The van der Waals surface area contributed by atoms with E-state index in [0.29, 0.717) is 5.75 Å². The Morgan fingerprint density at radius 3 is 2.75 bits per heavy atom. The van der Waals surface area contributed by atoms with Crippen molar-refractivity contribution in [2.45, 2.75) is 30.3 Å². The van der Waals surface area contributed by atoms with Gasteiger partial charge in [-0.2, -0.15) is 0 Å². The number of anilines is 1. The highest BCUT2D eigenvalue weighted by Crippen LogP contribution is 2.26. The number of ether oxygens (including phenoxy) is 1. The number of methoxy groups -OCH3 is 1. The van der Waals surface area contributed by atoms with Crippen LogP contribution in [-0.4, -0.2) is 33.3 Å². The van der Waals surface area contributed by atoms with Crippen molar-refractivity contribution in [3.8, 4) is 5.75 Å². The number of nitrogen functional groups attached to an aromatic ring is 1. The van der Waals surface area contributed by atoms with Gasteiger partial charge in [-0.25, -0.2) is 13.1 Å². The maximum atomic E-state index is 12.2. The first-order chi connectivity index (χ1) is 9.44. The molecule has 0 radical (unpaired) electrons. The number of nitrogens with two attached hydrogens (primary N) is 1. The minimum Gasteiger partial charge on any atom is -0.495 e. The van der Waals surface area contributed by atoms with Crippen LogP contribution in [-0.2, 0) is 10.0 Å². The molecule has 0 spiro atoms. The van der Waals surface area contributed by atoms with Crippen molar-refractivity contribution in [2.24, 2.45) is 5.92 Å². The Hall–Kier alpha value is -1.31. The quantitative estimate of drug-likeness (QED) is 0.695. The smallest absolute Gasteiger partial charge is 0.240 e. The summed E-state index contributed by atoms with van der Waals surface area (Å²) < 4.78 is 31.8. The summed E-state index contributed by atoms with van der Waals surface area (Å²) in [6, 6.07) is 4.34. The summed E-state index contributed by atoms with van der Waals surface area (Å²) in [5.41, 5.74) is 5.99. The molecule has 2 atom stereocenters. The minimum absolute atomic E-state index is 0.0135. The average Bonchev–Trinajstić information content (AvgIpc) is 2.82. The van der Waals surface area contributed by atoms with Gasteiger partial charge in [-0.1, -0.05) is 6.42 Å². The first kappa shape index (κ1) is 15.1. The van der Waals surface area contributed by atoms with Crippen molar-refractivity contribution < 1.29 is 18.3 Å². The van der Waals surface area contributed by atoms with E-state index in [1.165, 1.54) is 25.3 Å². The van der Waals surface area contributed by atoms with Gasteiger partial charge >= 0.3 is 0 Å².